The number of hydrogen-bond acceptors (Lipinski definition) is 4. The molecule has 0 saturated heterocycles. The highest BCUT2D eigenvalue weighted by Crippen LogP contribution is 2.24. The molecule has 0 saturated carbocycles. The molecule has 0 spiro atoms. The van der Waals surface area contributed by atoms with Gasteiger partial charge in [-0.2, -0.15) is 0 Å². The van der Waals surface area contributed by atoms with Crippen molar-refractivity contribution in [1.29, 1.82) is 0 Å². The summed E-state index contributed by atoms with van der Waals surface area (Å²) in [6.45, 7) is 11.7. The van der Waals surface area contributed by atoms with Gasteiger partial charge in [-0.05, 0) is 65.1 Å². The lowest BCUT2D eigenvalue weighted by Crippen LogP contribution is -2.41. The molecule has 0 rings (SSSR count). The van der Waals surface area contributed by atoms with E-state index in [1.165, 1.54) is 173 Å². The highest BCUT2D eigenvalue weighted by Gasteiger charge is 2.23. The van der Waals surface area contributed by atoms with Gasteiger partial charge in [0.1, 0.15) is 0 Å². The van der Waals surface area contributed by atoms with Crippen molar-refractivity contribution in [2.45, 2.75) is 278 Å². The molecule has 5 heteroatoms. The maximum Gasteiger partial charge on any atom is 0.305 e. The number of unbranched alkanes of at least 4 members (excludes halogenated alkanes) is 25. The van der Waals surface area contributed by atoms with Crippen LogP contribution < -0.4 is 0 Å². The first kappa shape index (κ1) is 54.9. The first-order chi connectivity index (χ1) is 27.4. The quantitative estimate of drug-likeness (QED) is 0.0455. The summed E-state index contributed by atoms with van der Waals surface area (Å²) < 4.78 is 5.80. The molecule has 1 amide bonds. The predicted molar refractivity (Wildman–Crippen MR) is 247 cm³/mol. The average Bonchev–Trinajstić information content (AvgIpc) is 3.18. The molecule has 56 heavy (non-hydrogen) atoms. The molecule has 0 aliphatic rings. The standard InChI is InChI=1S/C51H102N2O3/c1-7-11-15-19-21-23-27-33-40-49(53(50(54)42-37-45-52(5)6)46-36-30-24-22-20-16-12-8-2)41-34-28-29-35-43-51(55)56-47-44-48(38-31-25-17-13-9-3)39-32-26-18-14-10-4/h48-49H,7-47H2,1-6H3. The fraction of sp³-hybridized carbons (Fsp3) is 0.961. The molecule has 0 aromatic rings. The van der Waals surface area contributed by atoms with E-state index in [0.717, 1.165) is 70.9 Å². The Morgan fingerprint density at radius 2 is 0.804 bits per heavy atom. The third-order valence-electron chi connectivity index (χ3n) is 12.3. The van der Waals surface area contributed by atoms with Crippen LogP contribution in [-0.4, -0.2) is 61.5 Å². The summed E-state index contributed by atoms with van der Waals surface area (Å²) in [5, 5.41) is 0. The topological polar surface area (TPSA) is 49.9 Å². The fourth-order valence-corrected chi connectivity index (χ4v) is 8.51. The van der Waals surface area contributed by atoms with E-state index in [2.05, 4.69) is 51.6 Å². The number of carbonyl (C=O) groups excluding carboxylic acids is 2. The number of esters is 1. The molecular weight excluding hydrogens is 689 g/mol. The summed E-state index contributed by atoms with van der Waals surface area (Å²) in [5.74, 6) is 1.10. The van der Waals surface area contributed by atoms with Gasteiger partial charge in [-0.25, -0.2) is 0 Å². The third kappa shape index (κ3) is 37.2. The van der Waals surface area contributed by atoms with Gasteiger partial charge in [-0.15, -0.1) is 0 Å². The van der Waals surface area contributed by atoms with Gasteiger partial charge in [0.05, 0.1) is 6.61 Å². The van der Waals surface area contributed by atoms with Gasteiger partial charge >= 0.3 is 5.97 Å². The molecule has 0 aliphatic heterocycles. The van der Waals surface area contributed by atoms with E-state index in [1.54, 1.807) is 0 Å². The van der Waals surface area contributed by atoms with Crippen molar-refractivity contribution in [2.24, 2.45) is 5.92 Å². The van der Waals surface area contributed by atoms with E-state index in [-0.39, 0.29) is 5.97 Å². The average molecular weight is 791 g/mol. The van der Waals surface area contributed by atoms with Gasteiger partial charge in [0.25, 0.3) is 0 Å². The Hall–Kier alpha value is -1.10. The maximum absolute atomic E-state index is 13.8. The van der Waals surface area contributed by atoms with Crippen molar-refractivity contribution in [3.8, 4) is 0 Å². The Bertz CT molecular complexity index is 803. The van der Waals surface area contributed by atoms with Crippen molar-refractivity contribution in [3.63, 3.8) is 0 Å². The Labute approximate surface area is 352 Å². The Morgan fingerprint density at radius 3 is 1.25 bits per heavy atom. The van der Waals surface area contributed by atoms with E-state index in [4.69, 9.17) is 4.74 Å². The van der Waals surface area contributed by atoms with Crippen LogP contribution in [0, 0.1) is 5.92 Å². The van der Waals surface area contributed by atoms with Crippen LogP contribution in [0.3, 0.4) is 0 Å². The van der Waals surface area contributed by atoms with Crippen LogP contribution in [-0.2, 0) is 14.3 Å². The first-order valence-electron chi connectivity index (χ1n) is 25.5. The highest BCUT2D eigenvalue weighted by atomic mass is 16.5. The molecular formula is C51H102N2O3. The van der Waals surface area contributed by atoms with E-state index in [0.29, 0.717) is 37.3 Å². The van der Waals surface area contributed by atoms with Gasteiger partial charge in [0.2, 0.25) is 5.91 Å². The molecule has 0 N–H and O–H groups in total. The summed E-state index contributed by atoms with van der Waals surface area (Å²) >= 11 is 0. The van der Waals surface area contributed by atoms with Crippen molar-refractivity contribution in [3.05, 3.63) is 0 Å². The number of rotatable bonds is 45. The predicted octanol–water partition coefficient (Wildman–Crippen LogP) is 15.8. The molecule has 5 nitrogen and oxygen atoms in total. The van der Waals surface area contributed by atoms with E-state index in [9.17, 15) is 9.59 Å². The highest BCUT2D eigenvalue weighted by molar-refractivity contribution is 5.76. The van der Waals surface area contributed by atoms with Crippen LogP contribution in [0.2, 0.25) is 0 Å². The van der Waals surface area contributed by atoms with Crippen molar-refractivity contribution in [2.75, 3.05) is 33.8 Å². The zero-order valence-electron chi connectivity index (χ0n) is 39.3. The summed E-state index contributed by atoms with van der Waals surface area (Å²) in [6, 6.07) is 0.364. The molecule has 0 radical (unpaired) electrons. The van der Waals surface area contributed by atoms with Crippen LogP contribution >= 0.6 is 0 Å². The zero-order chi connectivity index (χ0) is 41.2. The number of amides is 1. The number of ether oxygens (including phenoxy) is 1. The van der Waals surface area contributed by atoms with Gasteiger partial charge in [-0.3, -0.25) is 9.59 Å². The molecule has 1 atom stereocenters. The fourth-order valence-electron chi connectivity index (χ4n) is 8.51. The smallest absolute Gasteiger partial charge is 0.305 e. The van der Waals surface area contributed by atoms with Gasteiger partial charge < -0.3 is 14.5 Å². The van der Waals surface area contributed by atoms with E-state index in [1.807, 2.05) is 0 Å². The van der Waals surface area contributed by atoms with Crippen LogP contribution in [0.15, 0.2) is 0 Å². The largest absolute Gasteiger partial charge is 0.466 e. The summed E-state index contributed by atoms with van der Waals surface area (Å²) in [5.41, 5.74) is 0. The van der Waals surface area contributed by atoms with Crippen LogP contribution in [0.1, 0.15) is 272 Å². The maximum atomic E-state index is 13.8. The second kappa shape index (κ2) is 43.5. The van der Waals surface area contributed by atoms with E-state index >= 15 is 0 Å². The van der Waals surface area contributed by atoms with E-state index < -0.39 is 0 Å². The van der Waals surface area contributed by atoms with Crippen molar-refractivity contribution < 1.29 is 14.3 Å². The third-order valence-corrected chi connectivity index (χ3v) is 12.3. The monoisotopic (exact) mass is 791 g/mol. The lowest BCUT2D eigenvalue weighted by Gasteiger charge is -2.33. The van der Waals surface area contributed by atoms with Crippen molar-refractivity contribution in [1.82, 2.24) is 9.80 Å². The molecule has 334 valence electrons. The number of carbonyl (C=O) groups is 2. The Morgan fingerprint density at radius 1 is 0.411 bits per heavy atom. The second-order valence-corrected chi connectivity index (χ2v) is 18.1. The molecule has 0 bridgehead atoms. The van der Waals surface area contributed by atoms with Crippen molar-refractivity contribution >= 4 is 11.9 Å². The minimum absolute atomic E-state index is 0.00192. The SMILES string of the molecule is CCCCCCCCCCC(CCCCCCC(=O)OCCC(CCCCCCC)CCCCCCC)N(CCCCCCCCCC)C(=O)CCCN(C)C. The molecule has 0 aromatic carbocycles. The minimum atomic E-state index is 0.00192. The minimum Gasteiger partial charge on any atom is -0.466 e. The lowest BCUT2D eigenvalue weighted by molar-refractivity contribution is -0.144. The van der Waals surface area contributed by atoms with Crippen LogP contribution in [0.25, 0.3) is 0 Å². The lowest BCUT2D eigenvalue weighted by atomic mass is 9.92. The normalized spacial score (nSPS) is 12.2. The first-order valence-corrected chi connectivity index (χ1v) is 25.5. The molecule has 0 fully saturated rings. The summed E-state index contributed by atoms with van der Waals surface area (Å²) in [7, 11) is 4.22. The molecule has 0 aliphatic carbocycles. The van der Waals surface area contributed by atoms with Crippen LogP contribution in [0.5, 0.6) is 0 Å². The number of nitrogens with zero attached hydrogens (tertiary/aromatic N) is 2. The summed E-state index contributed by atoms with van der Waals surface area (Å²) in [4.78, 5) is 31.1. The van der Waals surface area contributed by atoms with Gasteiger partial charge in [0, 0.05) is 25.4 Å². The van der Waals surface area contributed by atoms with Crippen LogP contribution in [0.4, 0.5) is 0 Å². The Kier molecular flexibility index (Phi) is 42.6. The molecule has 1 unspecified atom stereocenters. The Balaban J connectivity index is 4.97. The number of hydrogen-bond donors (Lipinski definition) is 0. The summed E-state index contributed by atoms with van der Waals surface area (Å²) in [6.07, 6.45) is 46.8. The molecule has 0 heterocycles. The molecule has 0 aromatic heterocycles. The zero-order valence-corrected chi connectivity index (χ0v) is 39.3. The second-order valence-electron chi connectivity index (χ2n) is 18.1. The van der Waals surface area contributed by atoms with Gasteiger partial charge in [0.15, 0.2) is 0 Å². The van der Waals surface area contributed by atoms with Gasteiger partial charge in [-0.1, -0.05) is 220 Å².